The van der Waals surface area contributed by atoms with E-state index in [1.165, 1.54) is 21.9 Å². The molecule has 0 radical (unpaired) electrons. The maximum absolute atomic E-state index is 10.1. The van der Waals surface area contributed by atoms with Crippen molar-refractivity contribution in [2.45, 2.75) is 0 Å². The van der Waals surface area contributed by atoms with Crippen LogP contribution >= 0.6 is 0 Å². The maximum Gasteiger partial charge on any atom is 0.236 e. The minimum Gasteiger partial charge on any atom is -0.278 e. The molecule has 0 N–H and O–H groups in total. The molecule has 0 saturated carbocycles. The lowest BCUT2D eigenvalue weighted by Gasteiger charge is -2.10. The van der Waals surface area contributed by atoms with E-state index in [-0.39, 0.29) is 0 Å². The smallest absolute Gasteiger partial charge is 0.236 e. The minimum absolute atomic E-state index is 0.360. The van der Waals surface area contributed by atoms with Gasteiger partial charge in [0.15, 0.2) is 5.69 Å². The van der Waals surface area contributed by atoms with Gasteiger partial charge in [-0.2, -0.15) is 5.26 Å². The largest absolute Gasteiger partial charge is 0.278 e. The highest BCUT2D eigenvalue weighted by molar-refractivity contribution is 6.10. The second-order valence-electron chi connectivity index (χ2n) is 11.8. The minimum atomic E-state index is 0.360. The molecule has 0 fully saturated rings. The van der Waals surface area contributed by atoms with Gasteiger partial charge in [0.1, 0.15) is 6.07 Å². The molecule has 0 aliphatic heterocycles. The van der Waals surface area contributed by atoms with Gasteiger partial charge < -0.3 is 0 Å². The molecule has 0 spiro atoms. The highest BCUT2D eigenvalue weighted by Crippen LogP contribution is 2.36. The Hall–Kier alpha value is -6.57. The van der Waals surface area contributed by atoms with Crippen molar-refractivity contribution in [3.8, 4) is 45.4 Å². The average Bonchev–Trinajstić information content (AvgIpc) is 3.48. The van der Waals surface area contributed by atoms with Gasteiger partial charge in [-0.15, -0.1) is 0 Å². The average molecular weight is 599 g/mol. The maximum atomic E-state index is 10.1. The molecule has 4 heteroatoms. The van der Waals surface area contributed by atoms with E-state index in [0.717, 1.165) is 55.0 Å². The van der Waals surface area contributed by atoms with Gasteiger partial charge in [0.25, 0.3) is 0 Å². The van der Waals surface area contributed by atoms with Gasteiger partial charge in [-0.05, 0) is 74.5 Å². The monoisotopic (exact) mass is 598 g/mol. The van der Waals surface area contributed by atoms with E-state index in [2.05, 4.69) is 126 Å². The molecule has 47 heavy (non-hydrogen) atoms. The fourth-order valence-electron chi connectivity index (χ4n) is 6.80. The first-order valence-corrected chi connectivity index (χ1v) is 15.6. The number of nitriles is 1. The zero-order valence-corrected chi connectivity index (χ0v) is 25.3. The molecule has 9 rings (SSSR count). The lowest BCUT2D eigenvalue weighted by molar-refractivity contribution is 1.00. The lowest BCUT2D eigenvalue weighted by atomic mass is 9.96. The van der Waals surface area contributed by atoms with E-state index >= 15 is 0 Å². The van der Waals surface area contributed by atoms with Crippen LogP contribution in [0.5, 0.6) is 0 Å². The Balaban J connectivity index is 1.17. The Morgan fingerprint density at radius 2 is 1.09 bits per heavy atom. The number of hydrogen-bond donors (Lipinski definition) is 0. The van der Waals surface area contributed by atoms with Crippen LogP contribution in [0.15, 0.2) is 158 Å². The van der Waals surface area contributed by atoms with E-state index in [0.29, 0.717) is 11.6 Å². The number of nitrogens with zero attached hydrogens (tertiary/aromatic N) is 4. The van der Waals surface area contributed by atoms with Crippen molar-refractivity contribution >= 4 is 43.5 Å². The van der Waals surface area contributed by atoms with Gasteiger partial charge in [-0.3, -0.25) is 4.57 Å². The van der Waals surface area contributed by atoms with E-state index in [1.807, 2.05) is 42.5 Å². The second-order valence-corrected chi connectivity index (χ2v) is 11.8. The summed E-state index contributed by atoms with van der Waals surface area (Å²) in [5, 5.41) is 15.6. The van der Waals surface area contributed by atoms with Gasteiger partial charge in [0, 0.05) is 16.2 Å². The van der Waals surface area contributed by atoms with Crippen LogP contribution in [0.25, 0.3) is 82.8 Å². The van der Waals surface area contributed by atoms with Crippen LogP contribution in [-0.4, -0.2) is 14.5 Å². The highest BCUT2D eigenvalue weighted by Gasteiger charge is 2.17. The lowest BCUT2D eigenvalue weighted by Crippen LogP contribution is -2.03. The van der Waals surface area contributed by atoms with E-state index in [4.69, 9.17) is 9.97 Å². The third-order valence-electron chi connectivity index (χ3n) is 9.09. The fourth-order valence-corrected chi connectivity index (χ4v) is 6.80. The van der Waals surface area contributed by atoms with Gasteiger partial charge in [-0.25, -0.2) is 9.97 Å². The standard InChI is InChI=1S/C43H26N4/c44-27-40-37-23-21-33(28-9-2-1-3-10-28)26-39(37)45-43(46-40)47-41-16-7-6-14-36(41)38-25-32(22-24-42(38)47)29-17-19-31(20-18-29)35-15-8-12-30-11-4-5-13-34(30)35/h1-26H. The van der Waals surface area contributed by atoms with Gasteiger partial charge in [0.05, 0.1) is 16.6 Å². The van der Waals surface area contributed by atoms with Crippen molar-refractivity contribution in [1.82, 2.24) is 14.5 Å². The summed E-state index contributed by atoms with van der Waals surface area (Å²) in [5.41, 5.74) is 9.94. The summed E-state index contributed by atoms with van der Waals surface area (Å²) < 4.78 is 2.08. The molecular weight excluding hydrogens is 573 g/mol. The van der Waals surface area contributed by atoms with Crippen LogP contribution in [0, 0.1) is 11.3 Å². The van der Waals surface area contributed by atoms with Crippen molar-refractivity contribution in [3.63, 3.8) is 0 Å². The third kappa shape index (κ3) is 4.45. The molecule has 0 aliphatic rings. The van der Waals surface area contributed by atoms with E-state index in [9.17, 15) is 5.26 Å². The first kappa shape index (κ1) is 26.8. The molecule has 7 aromatic carbocycles. The third-order valence-corrected chi connectivity index (χ3v) is 9.09. The summed E-state index contributed by atoms with van der Waals surface area (Å²) in [6, 6.07) is 57.2. The summed E-state index contributed by atoms with van der Waals surface area (Å²) in [6.45, 7) is 0. The molecule has 0 amide bonds. The van der Waals surface area contributed by atoms with Crippen molar-refractivity contribution < 1.29 is 0 Å². The Bertz CT molecular complexity index is 2670. The van der Waals surface area contributed by atoms with Gasteiger partial charge in [-0.1, -0.05) is 127 Å². The molecule has 0 aliphatic carbocycles. The number of aromatic nitrogens is 3. The van der Waals surface area contributed by atoms with Crippen LogP contribution in [0.4, 0.5) is 0 Å². The zero-order chi connectivity index (χ0) is 31.3. The summed E-state index contributed by atoms with van der Waals surface area (Å²) in [4.78, 5) is 9.85. The van der Waals surface area contributed by atoms with Crippen molar-refractivity contribution in [1.29, 1.82) is 5.26 Å². The first-order chi connectivity index (χ1) is 23.2. The fraction of sp³-hybridized carbons (Fsp3) is 0. The Labute approximate surface area is 271 Å². The summed E-state index contributed by atoms with van der Waals surface area (Å²) >= 11 is 0. The van der Waals surface area contributed by atoms with Crippen molar-refractivity contribution in [3.05, 3.63) is 163 Å². The number of fused-ring (bicyclic) bond motifs is 5. The zero-order valence-electron chi connectivity index (χ0n) is 25.3. The quantitative estimate of drug-likeness (QED) is 0.202. The normalized spacial score (nSPS) is 11.4. The predicted molar refractivity (Wildman–Crippen MR) is 192 cm³/mol. The molecular formula is C43H26N4. The highest BCUT2D eigenvalue weighted by atomic mass is 15.2. The van der Waals surface area contributed by atoms with Crippen LogP contribution in [0.2, 0.25) is 0 Å². The second kappa shape index (κ2) is 10.8. The number of rotatable bonds is 4. The first-order valence-electron chi connectivity index (χ1n) is 15.6. The number of benzene rings is 7. The number of para-hydroxylation sites is 1. The van der Waals surface area contributed by atoms with E-state index in [1.54, 1.807) is 0 Å². The topological polar surface area (TPSA) is 54.5 Å². The van der Waals surface area contributed by atoms with Gasteiger partial charge >= 0.3 is 0 Å². The van der Waals surface area contributed by atoms with Crippen LogP contribution in [-0.2, 0) is 0 Å². The van der Waals surface area contributed by atoms with E-state index < -0.39 is 0 Å². The molecule has 9 aromatic rings. The molecule has 0 atom stereocenters. The van der Waals surface area contributed by atoms with Crippen molar-refractivity contribution in [2.24, 2.45) is 0 Å². The molecule has 0 unspecified atom stereocenters. The van der Waals surface area contributed by atoms with Crippen LogP contribution in [0.1, 0.15) is 5.69 Å². The number of hydrogen-bond acceptors (Lipinski definition) is 3. The Morgan fingerprint density at radius 3 is 1.94 bits per heavy atom. The Morgan fingerprint density at radius 1 is 0.447 bits per heavy atom. The Kier molecular flexibility index (Phi) is 6.16. The summed E-state index contributed by atoms with van der Waals surface area (Å²) in [6.07, 6.45) is 0. The SMILES string of the molecule is N#Cc1nc(-n2c3ccccc3c3cc(-c4ccc(-c5cccc6ccccc56)cc4)ccc32)nc2cc(-c3ccccc3)ccc12. The molecule has 218 valence electrons. The van der Waals surface area contributed by atoms with Crippen LogP contribution < -0.4 is 0 Å². The molecule has 2 heterocycles. The molecule has 2 aromatic heterocycles. The summed E-state index contributed by atoms with van der Waals surface area (Å²) in [5.74, 6) is 0.484. The van der Waals surface area contributed by atoms with Crippen molar-refractivity contribution in [2.75, 3.05) is 0 Å². The predicted octanol–water partition coefficient (Wildman–Crippen LogP) is 10.8. The summed E-state index contributed by atoms with van der Waals surface area (Å²) in [7, 11) is 0. The van der Waals surface area contributed by atoms with Gasteiger partial charge in [0.2, 0.25) is 5.95 Å². The molecule has 0 saturated heterocycles. The molecule has 4 nitrogen and oxygen atoms in total. The molecule has 0 bridgehead atoms. The van der Waals surface area contributed by atoms with Crippen LogP contribution in [0.3, 0.4) is 0 Å².